The van der Waals surface area contributed by atoms with Crippen molar-refractivity contribution in [2.45, 2.75) is 37.1 Å². The molecular weight excluding hydrogens is 404 g/mol. The summed E-state index contributed by atoms with van der Waals surface area (Å²) in [6.45, 7) is 0.688. The molecular formula is C21H28N4O4S. The monoisotopic (exact) mass is 432 g/mol. The molecule has 2 aromatic rings. The Bertz CT molecular complexity index is 1040. The van der Waals surface area contributed by atoms with Gasteiger partial charge in [0.05, 0.1) is 4.90 Å². The molecule has 0 aliphatic carbocycles. The van der Waals surface area contributed by atoms with Gasteiger partial charge < -0.3 is 14.8 Å². The summed E-state index contributed by atoms with van der Waals surface area (Å²) >= 11 is 0. The molecule has 1 fully saturated rings. The fraction of sp³-hybridized carbons (Fsp3) is 0.429. The van der Waals surface area contributed by atoms with Crippen molar-refractivity contribution in [2.75, 3.05) is 37.4 Å². The fourth-order valence-corrected chi connectivity index (χ4v) is 4.95. The average molecular weight is 433 g/mol. The first kappa shape index (κ1) is 22.0. The average Bonchev–Trinajstić information content (AvgIpc) is 3.00. The van der Waals surface area contributed by atoms with Crippen molar-refractivity contribution in [2.24, 2.45) is 0 Å². The predicted molar refractivity (Wildman–Crippen MR) is 117 cm³/mol. The van der Waals surface area contributed by atoms with Crippen LogP contribution in [0.5, 0.6) is 0 Å². The number of hydrogen-bond donors (Lipinski definition) is 1. The normalized spacial score (nSPS) is 15.4. The Labute approximate surface area is 177 Å². The summed E-state index contributed by atoms with van der Waals surface area (Å²) in [6, 6.07) is 9.81. The third-order valence-corrected chi connectivity index (χ3v) is 7.02. The fourth-order valence-electron chi connectivity index (χ4n) is 3.41. The van der Waals surface area contributed by atoms with Gasteiger partial charge in [-0.3, -0.25) is 9.59 Å². The number of benzene rings is 1. The number of amides is 1. The van der Waals surface area contributed by atoms with Gasteiger partial charge in [0, 0.05) is 50.8 Å². The van der Waals surface area contributed by atoms with E-state index in [1.807, 2.05) is 31.1 Å². The van der Waals surface area contributed by atoms with E-state index in [4.69, 9.17) is 0 Å². The first-order valence-electron chi connectivity index (χ1n) is 10.1. The summed E-state index contributed by atoms with van der Waals surface area (Å²) in [4.78, 5) is 26.6. The highest BCUT2D eigenvalue weighted by atomic mass is 32.2. The molecule has 0 unspecified atom stereocenters. The molecule has 30 heavy (non-hydrogen) atoms. The molecule has 0 atom stereocenters. The van der Waals surface area contributed by atoms with Crippen LogP contribution in [0.2, 0.25) is 0 Å². The minimum absolute atomic E-state index is 0.0344. The molecule has 0 spiro atoms. The first-order valence-corrected chi connectivity index (χ1v) is 11.5. The molecule has 1 aliphatic rings. The second-order valence-corrected chi connectivity index (χ2v) is 9.58. The number of anilines is 2. The molecule has 9 heteroatoms. The van der Waals surface area contributed by atoms with Gasteiger partial charge in [0.1, 0.15) is 6.54 Å². The second kappa shape index (κ2) is 9.44. The maximum atomic E-state index is 13.0. The van der Waals surface area contributed by atoms with E-state index in [1.54, 1.807) is 12.1 Å². The minimum Gasteiger partial charge on any atom is -0.378 e. The van der Waals surface area contributed by atoms with E-state index in [2.05, 4.69) is 5.32 Å². The molecule has 0 saturated carbocycles. The van der Waals surface area contributed by atoms with Crippen LogP contribution in [0.1, 0.15) is 25.7 Å². The lowest BCUT2D eigenvalue weighted by Crippen LogP contribution is -2.33. The van der Waals surface area contributed by atoms with Crippen molar-refractivity contribution < 1.29 is 13.2 Å². The molecule has 162 valence electrons. The number of rotatable bonds is 6. The van der Waals surface area contributed by atoms with E-state index in [0.29, 0.717) is 18.8 Å². The molecule has 0 radical (unpaired) electrons. The number of aromatic nitrogens is 1. The highest BCUT2D eigenvalue weighted by Gasteiger charge is 2.26. The minimum atomic E-state index is -3.69. The summed E-state index contributed by atoms with van der Waals surface area (Å²) in [6.07, 6.45) is 4.95. The molecule has 1 aliphatic heterocycles. The summed E-state index contributed by atoms with van der Waals surface area (Å²) in [5.41, 5.74) is 1.17. The van der Waals surface area contributed by atoms with E-state index in [1.165, 1.54) is 22.6 Å². The van der Waals surface area contributed by atoms with E-state index in [0.717, 1.165) is 35.9 Å². The summed E-state index contributed by atoms with van der Waals surface area (Å²) in [5, 5.41) is 2.74. The highest BCUT2D eigenvalue weighted by molar-refractivity contribution is 7.89. The SMILES string of the molecule is CN(C)c1ccc(NC(=O)Cn2cc(S(=O)(=O)N3CCCCCC3)ccc2=O)cc1. The maximum Gasteiger partial charge on any atom is 0.251 e. The molecule has 1 aromatic carbocycles. The molecule has 1 N–H and O–H groups in total. The lowest BCUT2D eigenvalue weighted by molar-refractivity contribution is -0.116. The molecule has 1 amide bonds. The Morgan fingerprint density at radius 3 is 2.23 bits per heavy atom. The number of sulfonamides is 1. The number of pyridine rings is 1. The van der Waals surface area contributed by atoms with Crippen molar-refractivity contribution >= 4 is 27.3 Å². The number of nitrogens with zero attached hydrogens (tertiary/aromatic N) is 3. The van der Waals surface area contributed by atoms with Crippen LogP contribution in [-0.4, -0.2) is 50.4 Å². The van der Waals surface area contributed by atoms with Crippen LogP contribution >= 0.6 is 0 Å². The number of hydrogen-bond acceptors (Lipinski definition) is 5. The lowest BCUT2D eigenvalue weighted by Gasteiger charge is -2.20. The topological polar surface area (TPSA) is 91.7 Å². The third-order valence-electron chi connectivity index (χ3n) is 5.14. The third kappa shape index (κ3) is 5.28. The van der Waals surface area contributed by atoms with Crippen LogP contribution < -0.4 is 15.8 Å². The highest BCUT2D eigenvalue weighted by Crippen LogP contribution is 2.19. The molecule has 1 aromatic heterocycles. The van der Waals surface area contributed by atoms with Gasteiger partial charge in [-0.1, -0.05) is 12.8 Å². The van der Waals surface area contributed by atoms with Crippen LogP contribution in [0.15, 0.2) is 52.3 Å². The lowest BCUT2D eigenvalue weighted by atomic mass is 10.2. The first-order chi connectivity index (χ1) is 14.3. The zero-order chi connectivity index (χ0) is 21.7. The van der Waals surface area contributed by atoms with E-state index < -0.39 is 21.5 Å². The zero-order valence-electron chi connectivity index (χ0n) is 17.4. The largest absolute Gasteiger partial charge is 0.378 e. The van der Waals surface area contributed by atoms with Gasteiger partial charge in [-0.05, 0) is 43.2 Å². The summed E-state index contributed by atoms with van der Waals surface area (Å²) < 4.78 is 28.5. The van der Waals surface area contributed by atoms with E-state index in [9.17, 15) is 18.0 Å². The van der Waals surface area contributed by atoms with Crippen molar-refractivity contribution in [3.8, 4) is 0 Å². The van der Waals surface area contributed by atoms with Gasteiger partial charge in [-0.2, -0.15) is 4.31 Å². The van der Waals surface area contributed by atoms with Crippen LogP contribution in [0.3, 0.4) is 0 Å². The van der Waals surface area contributed by atoms with Gasteiger partial charge in [0.25, 0.3) is 5.56 Å². The van der Waals surface area contributed by atoms with E-state index >= 15 is 0 Å². The molecule has 1 saturated heterocycles. The van der Waals surface area contributed by atoms with Crippen LogP contribution in [-0.2, 0) is 21.4 Å². The van der Waals surface area contributed by atoms with Crippen molar-refractivity contribution in [3.05, 3.63) is 52.9 Å². The van der Waals surface area contributed by atoms with Crippen molar-refractivity contribution in [1.82, 2.24) is 8.87 Å². The molecule has 3 rings (SSSR count). The Morgan fingerprint density at radius 1 is 1.00 bits per heavy atom. The summed E-state index contributed by atoms with van der Waals surface area (Å²) in [5.74, 6) is -0.404. The number of nitrogens with one attached hydrogen (secondary N) is 1. The number of carbonyl (C=O) groups is 1. The zero-order valence-corrected chi connectivity index (χ0v) is 18.2. The van der Waals surface area contributed by atoms with Crippen molar-refractivity contribution in [1.29, 1.82) is 0 Å². The molecule has 0 bridgehead atoms. The number of carbonyl (C=O) groups excluding carboxylic acids is 1. The van der Waals surface area contributed by atoms with Crippen molar-refractivity contribution in [3.63, 3.8) is 0 Å². The van der Waals surface area contributed by atoms with E-state index in [-0.39, 0.29) is 11.4 Å². The van der Waals surface area contributed by atoms with Gasteiger partial charge in [0.15, 0.2) is 0 Å². The molecule has 2 heterocycles. The van der Waals surface area contributed by atoms with Gasteiger partial charge in [0.2, 0.25) is 15.9 Å². The van der Waals surface area contributed by atoms with Gasteiger partial charge in [-0.25, -0.2) is 8.42 Å². The van der Waals surface area contributed by atoms with Crippen LogP contribution in [0.4, 0.5) is 11.4 Å². The Hall–Kier alpha value is -2.65. The predicted octanol–water partition coefficient (Wildman–Crippen LogP) is 2.12. The standard InChI is InChI=1S/C21H28N4O4S/c1-23(2)18-9-7-17(8-10-18)22-20(26)16-24-15-19(11-12-21(24)27)30(28,29)25-13-5-3-4-6-14-25/h7-12,15H,3-6,13-14,16H2,1-2H3,(H,22,26). The summed E-state index contributed by atoms with van der Waals surface area (Å²) in [7, 11) is 0.152. The maximum absolute atomic E-state index is 13.0. The van der Waals surface area contributed by atoms with Gasteiger partial charge in [-0.15, -0.1) is 0 Å². The van der Waals surface area contributed by atoms with Crippen LogP contribution in [0, 0.1) is 0 Å². The molecule has 8 nitrogen and oxygen atoms in total. The second-order valence-electron chi connectivity index (χ2n) is 7.64. The Balaban J connectivity index is 1.74. The Kier molecular flexibility index (Phi) is 6.94. The van der Waals surface area contributed by atoms with Gasteiger partial charge >= 0.3 is 0 Å². The Morgan fingerprint density at radius 2 is 1.63 bits per heavy atom. The smallest absolute Gasteiger partial charge is 0.251 e. The van der Waals surface area contributed by atoms with Crippen LogP contribution in [0.25, 0.3) is 0 Å². The quantitative estimate of drug-likeness (QED) is 0.755.